The van der Waals surface area contributed by atoms with E-state index in [0.29, 0.717) is 33.1 Å². The van der Waals surface area contributed by atoms with Gasteiger partial charge in [0.1, 0.15) is 5.82 Å². The van der Waals surface area contributed by atoms with Crippen molar-refractivity contribution in [3.8, 4) is 0 Å². The van der Waals surface area contributed by atoms with Gasteiger partial charge >= 0.3 is 0 Å². The summed E-state index contributed by atoms with van der Waals surface area (Å²) in [5.74, 6) is 0.207. The molecular formula is C24H19ClN6O3S. The lowest BCUT2D eigenvalue weighted by atomic mass is 10.2. The van der Waals surface area contributed by atoms with Crippen LogP contribution in [0.15, 0.2) is 76.7 Å². The number of hydrogen-bond acceptors (Lipinski definition) is 7. The molecule has 0 atom stereocenters. The molecule has 0 aliphatic rings. The highest BCUT2D eigenvalue weighted by Gasteiger charge is 2.27. The van der Waals surface area contributed by atoms with E-state index in [1.165, 1.54) is 23.6 Å². The molecule has 0 spiro atoms. The molecule has 0 radical (unpaired) electrons. The van der Waals surface area contributed by atoms with E-state index in [-0.39, 0.29) is 21.5 Å². The largest absolute Gasteiger partial charge is 0.340 e. The van der Waals surface area contributed by atoms with Crippen LogP contribution in [0.3, 0.4) is 0 Å². The van der Waals surface area contributed by atoms with Crippen LogP contribution >= 0.6 is 11.6 Å². The Morgan fingerprint density at radius 2 is 1.66 bits per heavy atom. The van der Waals surface area contributed by atoms with Gasteiger partial charge in [-0.15, -0.1) is 5.10 Å². The van der Waals surface area contributed by atoms with Crippen molar-refractivity contribution in [1.82, 2.24) is 19.8 Å². The van der Waals surface area contributed by atoms with Crippen molar-refractivity contribution < 1.29 is 13.2 Å². The maximum absolute atomic E-state index is 13.4. The lowest BCUT2D eigenvalue weighted by Crippen LogP contribution is -2.06. The van der Waals surface area contributed by atoms with Crippen LogP contribution in [0.1, 0.15) is 12.5 Å². The zero-order valence-corrected chi connectivity index (χ0v) is 20.2. The third kappa shape index (κ3) is 4.29. The molecule has 2 heterocycles. The van der Waals surface area contributed by atoms with Gasteiger partial charge in [0.15, 0.2) is 5.65 Å². The summed E-state index contributed by atoms with van der Waals surface area (Å²) in [6, 6.07) is 18.7. The number of amides is 1. The van der Waals surface area contributed by atoms with Crippen molar-refractivity contribution in [1.29, 1.82) is 0 Å². The fourth-order valence-corrected chi connectivity index (χ4v) is 5.05. The molecular weight excluding hydrogens is 488 g/mol. The standard InChI is InChI=1S/C24H19ClN6O3S/c1-14-3-10-19(11-4-14)35(33,34)24-23-28-22(27-18-8-6-17(7-9-18)26-15(2)32)20-13-16(25)5-12-21(20)31(23)30-29-24/h3-13H,1-2H3,(H,26,32)(H,27,28). The number of fused-ring (bicyclic) bond motifs is 3. The van der Waals surface area contributed by atoms with Gasteiger partial charge in [0.05, 0.1) is 10.4 Å². The molecule has 9 nitrogen and oxygen atoms in total. The molecule has 3 aromatic carbocycles. The monoisotopic (exact) mass is 506 g/mol. The van der Waals surface area contributed by atoms with E-state index in [9.17, 15) is 13.2 Å². The summed E-state index contributed by atoms with van der Waals surface area (Å²) >= 11 is 6.25. The fourth-order valence-electron chi connectivity index (χ4n) is 3.64. The van der Waals surface area contributed by atoms with Gasteiger partial charge in [0.2, 0.25) is 20.8 Å². The number of nitrogens with one attached hydrogen (secondary N) is 2. The predicted molar refractivity (Wildman–Crippen MR) is 134 cm³/mol. The maximum Gasteiger partial charge on any atom is 0.229 e. The van der Waals surface area contributed by atoms with Gasteiger partial charge < -0.3 is 10.6 Å². The molecule has 0 unspecified atom stereocenters. The summed E-state index contributed by atoms with van der Waals surface area (Å²) in [5, 5.41) is 14.9. The zero-order valence-electron chi connectivity index (χ0n) is 18.7. The Labute approximate surface area is 205 Å². The van der Waals surface area contributed by atoms with Crippen LogP contribution < -0.4 is 10.6 Å². The molecule has 0 saturated carbocycles. The van der Waals surface area contributed by atoms with Gasteiger partial charge in [-0.1, -0.05) is 34.5 Å². The molecule has 0 aliphatic carbocycles. The highest BCUT2D eigenvalue weighted by Crippen LogP contribution is 2.31. The SMILES string of the molecule is CC(=O)Nc1ccc(Nc2nc3c(S(=O)(=O)c4ccc(C)cc4)nnn3c3ccc(Cl)cc23)cc1. The van der Waals surface area contributed by atoms with Crippen molar-refractivity contribution >= 4 is 61.1 Å². The molecule has 0 bridgehead atoms. The van der Waals surface area contributed by atoms with Gasteiger partial charge in [0, 0.05) is 28.7 Å². The Kier molecular flexibility index (Phi) is 5.62. The van der Waals surface area contributed by atoms with Gasteiger partial charge in [0.25, 0.3) is 0 Å². The highest BCUT2D eigenvalue weighted by atomic mass is 35.5. The molecule has 176 valence electrons. The summed E-state index contributed by atoms with van der Waals surface area (Å²) < 4.78 is 28.1. The van der Waals surface area contributed by atoms with Crippen LogP contribution in [0.2, 0.25) is 5.02 Å². The second-order valence-electron chi connectivity index (χ2n) is 7.95. The molecule has 1 amide bonds. The molecule has 0 saturated heterocycles. The first kappa shape index (κ1) is 22.8. The lowest BCUT2D eigenvalue weighted by Gasteiger charge is -2.12. The second-order valence-corrected chi connectivity index (χ2v) is 10.3. The summed E-state index contributed by atoms with van der Waals surface area (Å²) in [6.45, 7) is 3.31. The topological polar surface area (TPSA) is 118 Å². The van der Waals surface area contributed by atoms with E-state index in [2.05, 4.69) is 25.9 Å². The molecule has 2 N–H and O–H groups in total. The fraction of sp³-hybridized carbons (Fsp3) is 0.0833. The van der Waals surface area contributed by atoms with Crippen LogP contribution in [-0.2, 0) is 14.6 Å². The third-order valence-electron chi connectivity index (χ3n) is 5.33. The number of rotatable bonds is 5. The van der Waals surface area contributed by atoms with Crippen LogP contribution in [0.25, 0.3) is 16.6 Å². The van der Waals surface area contributed by atoms with Gasteiger partial charge in [-0.05, 0) is 61.5 Å². The molecule has 35 heavy (non-hydrogen) atoms. The summed E-state index contributed by atoms with van der Waals surface area (Å²) in [4.78, 5) is 16.0. The Morgan fingerprint density at radius 1 is 0.971 bits per heavy atom. The van der Waals surface area contributed by atoms with E-state index < -0.39 is 9.84 Å². The van der Waals surface area contributed by atoms with Gasteiger partial charge in [-0.25, -0.2) is 13.4 Å². The third-order valence-corrected chi connectivity index (χ3v) is 7.23. The highest BCUT2D eigenvalue weighted by molar-refractivity contribution is 7.91. The van der Waals surface area contributed by atoms with E-state index in [1.54, 1.807) is 54.6 Å². The molecule has 5 aromatic rings. The van der Waals surface area contributed by atoms with E-state index in [1.807, 2.05) is 6.92 Å². The zero-order chi connectivity index (χ0) is 24.7. The van der Waals surface area contributed by atoms with Crippen molar-refractivity contribution in [2.45, 2.75) is 23.8 Å². The minimum absolute atomic E-state index is 0.0813. The maximum atomic E-state index is 13.4. The van der Waals surface area contributed by atoms with Gasteiger partial charge in [-0.3, -0.25) is 4.79 Å². The number of aryl methyl sites for hydroxylation is 1. The Hall–Kier alpha value is -4.02. The van der Waals surface area contributed by atoms with Crippen molar-refractivity contribution in [2.75, 3.05) is 10.6 Å². The van der Waals surface area contributed by atoms with Crippen molar-refractivity contribution in [3.05, 3.63) is 77.3 Å². The quantitative estimate of drug-likeness (QED) is 0.352. The predicted octanol–water partition coefficient (Wildman–Crippen LogP) is 4.77. The number of carbonyl (C=O) groups is 1. The molecule has 0 fully saturated rings. The number of carbonyl (C=O) groups excluding carboxylic acids is 1. The summed E-state index contributed by atoms with van der Waals surface area (Å²) in [7, 11) is -3.97. The first-order valence-electron chi connectivity index (χ1n) is 10.5. The van der Waals surface area contributed by atoms with Crippen molar-refractivity contribution in [3.63, 3.8) is 0 Å². The van der Waals surface area contributed by atoms with E-state index >= 15 is 0 Å². The van der Waals surface area contributed by atoms with E-state index in [4.69, 9.17) is 11.6 Å². The molecule has 5 rings (SSSR count). The van der Waals surface area contributed by atoms with Crippen LogP contribution in [-0.4, -0.2) is 34.1 Å². The van der Waals surface area contributed by atoms with Crippen molar-refractivity contribution in [2.24, 2.45) is 0 Å². The van der Waals surface area contributed by atoms with Crippen LogP contribution in [0.4, 0.5) is 17.2 Å². The number of halogens is 1. The Morgan fingerprint density at radius 3 is 2.34 bits per heavy atom. The summed E-state index contributed by atoms with van der Waals surface area (Å²) in [5.41, 5.74) is 2.92. The summed E-state index contributed by atoms with van der Waals surface area (Å²) in [6.07, 6.45) is 0. The first-order chi connectivity index (χ1) is 16.7. The van der Waals surface area contributed by atoms with E-state index in [0.717, 1.165) is 5.56 Å². The average molecular weight is 507 g/mol. The molecule has 2 aromatic heterocycles. The number of aromatic nitrogens is 4. The molecule has 11 heteroatoms. The van der Waals surface area contributed by atoms with Crippen LogP contribution in [0, 0.1) is 6.92 Å². The minimum atomic E-state index is -3.97. The Bertz CT molecular complexity index is 1700. The average Bonchev–Trinajstić information content (AvgIpc) is 3.25. The lowest BCUT2D eigenvalue weighted by molar-refractivity contribution is -0.114. The normalized spacial score (nSPS) is 11.6. The number of nitrogens with zero attached hydrogens (tertiary/aromatic N) is 4. The van der Waals surface area contributed by atoms with Crippen LogP contribution in [0.5, 0.6) is 0 Å². The number of hydrogen-bond donors (Lipinski definition) is 2. The van der Waals surface area contributed by atoms with Gasteiger partial charge in [-0.2, -0.15) is 4.52 Å². The number of benzene rings is 3. The smallest absolute Gasteiger partial charge is 0.229 e. The first-order valence-corrected chi connectivity index (χ1v) is 12.4. The second kappa shape index (κ2) is 8.64. The number of sulfone groups is 1. The number of anilines is 3. The minimum Gasteiger partial charge on any atom is -0.340 e. The Balaban J connectivity index is 1.66. The molecule has 0 aliphatic heterocycles.